The molecule has 0 saturated heterocycles. The summed E-state index contributed by atoms with van der Waals surface area (Å²) < 4.78 is 28.1. The van der Waals surface area contributed by atoms with Crippen LogP contribution in [0, 0.1) is 0 Å². The third kappa shape index (κ3) is 4.67. The van der Waals surface area contributed by atoms with E-state index in [-0.39, 0.29) is 22.0 Å². The molecule has 1 fully saturated rings. The second kappa shape index (κ2) is 8.48. The summed E-state index contributed by atoms with van der Waals surface area (Å²) in [5, 5.41) is 5.51. The molecule has 0 unspecified atom stereocenters. The van der Waals surface area contributed by atoms with Crippen molar-refractivity contribution in [1.29, 1.82) is 0 Å². The summed E-state index contributed by atoms with van der Waals surface area (Å²) >= 11 is 12.1. The Bertz CT molecular complexity index is 1130. The molecule has 0 radical (unpaired) electrons. The molecule has 0 atom stereocenters. The van der Waals surface area contributed by atoms with Crippen LogP contribution in [0.25, 0.3) is 10.9 Å². The molecule has 5 nitrogen and oxygen atoms in total. The molecule has 8 heteroatoms. The molecule has 152 valence electrons. The molecule has 29 heavy (non-hydrogen) atoms. The Labute approximate surface area is 180 Å². The molecule has 1 heterocycles. The van der Waals surface area contributed by atoms with Gasteiger partial charge in [-0.25, -0.2) is 13.1 Å². The summed E-state index contributed by atoms with van der Waals surface area (Å²) in [7, 11) is -3.62. The molecule has 0 aliphatic heterocycles. The number of pyridine rings is 1. The highest BCUT2D eigenvalue weighted by Crippen LogP contribution is 2.29. The van der Waals surface area contributed by atoms with Gasteiger partial charge in [0.15, 0.2) is 0 Å². The fourth-order valence-corrected chi connectivity index (χ4v) is 5.76. The zero-order valence-corrected chi connectivity index (χ0v) is 17.9. The van der Waals surface area contributed by atoms with Crippen LogP contribution in [0.4, 0.5) is 5.69 Å². The van der Waals surface area contributed by atoms with E-state index in [4.69, 9.17) is 23.2 Å². The molecule has 2 N–H and O–H groups in total. The van der Waals surface area contributed by atoms with E-state index in [0.717, 1.165) is 42.3 Å². The Morgan fingerprint density at radius 2 is 1.66 bits per heavy atom. The van der Waals surface area contributed by atoms with Gasteiger partial charge in [0.05, 0.1) is 10.5 Å². The Morgan fingerprint density at radius 1 is 0.931 bits per heavy atom. The summed E-state index contributed by atoms with van der Waals surface area (Å²) in [6.07, 6.45) is 5.02. The first-order chi connectivity index (χ1) is 13.9. The number of benzene rings is 2. The largest absolute Gasteiger partial charge is 0.382 e. The number of aromatic nitrogens is 1. The number of hydrogen-bond donors (Lipinski definition) is 2. The van der Waals surface area contributed by atoms with Crippen molar-refractivity contribution in [2.24, 2.45) is 0 Å². The molecular formula is C21H21Cl2N3O2S. The van der Waals surface area contributed by atoms with Gasteiger partial charge in [-0.15, -0.1) is 0 Å². The van der Waals surface area contributed by atoms with E-state index in [9.17, 15) is 8.42 Å². The van der Waals surface area contributed by atoms with Gasteiger partial charge in [0, 0.05) is 34.4 Å². The lowest BCUT2D eigenvalue weighted by molar-refractivity contribution is 0.387. The number of nitrogens with zero attached hydrogens (tertiary/aromatic N) is 1. The predicted molar refractivity (Wildman–Crippen MR) is 118 cm³/mol. The highest BCUT2D eigenvalue weighted by Gasteiger charge is 2.27. The van der Waals surface area contributed by atoms with E-state index in [0.29, 0.717) is 5.02 Å². The topological polar surface area (TPSA) is 71.1 Å². The molecule has 1 saturated carbocycles. The number of fused-ring (bicyclic) bond motifs is 1. The number of halogens is 2. The fourth-order valence-electron chi connectivity index (χ4n) is 3.77. The van der Waals surface area contributed by atoms with Gasteiger partial charge < -0.3 is 5.32 Å². The van der Waals surface area contributed by atoms with Gasteiger partial charge in [-0.05, 0) is 62.1 Å². The Kier molecular flexibility index (Phi) is 5.97. The van der Waals surface area contributed by atoms with Gasteiger partial charge in [0.2, 0.25) is 10.0 Å². The van der Waals surface area contributed by atoms with Gasteiger partial charge >= 0.3 is 0 Å². The Morgan fingerprint density at radius 3 is 2.41 bits per heavy atom. The molecule has 3 aromatic rings. The van der Waals surface area contributed by atoms with Crippen LogP contribution in [0.5, 0.6) is 0 Å². The van der Waals surface area contributed by atoms with Crippen LogP contribution < -0.4 is 10.0 Å². The van der Waals surface area contributed by atoms with Gasteiger partial charge in [0.1, 0.15) is 4.90 Å². The van der Waals surface area contributed by atoms with Crippen LogP contribution in [0.1, 0.15) is 25.7 Å². The van der Waals surface area contributed by atoms with Crippen molar-refractivity contribution in [1.82, 2.24) is 9.71 Å². The van der Waals surface area contributed by atoms with Crippen LogP contribution in [-0.2, 0) is 10.0 Å². The quantitative estimate of drug-likeness (QED) is 0.558. The van der Waals surface area contributed by atoms with Crippen molar-refractivity contribution < 1.29 is 8.42 Å². The minimum absolute atomic E-state index is 0.0951. The van der Waals surface area contributed by atoms with Gasteiger partial charge in [-0.3, -0.25) is 4.98 Å². The van der Waals surface area contributed by atoms with Crippen LogP contribution in [-0.4, -0.2) is 25.5 Å². The fraction of sp³-hybridized carbons (Fsp3) is 0.286. The summed E-state index contributed by atoms with van der Waals surface area (Å²) in [5.74, 6) is 0. The number of sulfonamides is 1. The monoisotopic (exact) mass is 449 g/mol. The van der Waals surface area contributed by atoms with Crippen LogP contribution in [0.15, 0.2) is 59.6 Å². The van der Waals surface area contributed by atoms with Crippen molar-refractivity contribution in [3.05, 3.63) is 64.8 Å². The Hall–Kier alpha value is -1.86. The second-order valence-electron chi connectivity index (χ2n) is 7.26. The predicted octanol–water partition coefficient (Wildman–Crippen LogP) is 5.24. The number of hydrogen-bond acceptors (Lipinski definition) is 4. The van der Waals surface area contributed by atoms with Crippen molar-refractivity contribution in [2.45, 2.75) is 42.7 Å². The maximum absolute atomic E-state index is 12.6. The van der Waals surface area contributed by atoms with Crippen molar-refractivity contribution in [3.8, 4) is 0 Å². The van der Waals surface area contributed by atoms with Crippen molar-refractivity contribution in [2.75, 3.05) is 5.32 Å². The van der Waals surface area contributed by atoms with E-state index in [1.54, 1.807) is 24.4 Å². The zero-order chi connectivity index (χ0) is 20.4. The first-order valence-corrected chi connectivity index (χ1v) is 11.7. The highest BCUT2D eigenvalue weighted by atomic mass is 35.5. The molecular weight excluding hydrogens is 429 g/mol. The molecule has 2 aromatic carbocycles. The summed E-state index contributed by atoms with van der Waals surface area (Å²) in [6, 6.07) is 14.3. The zero-order valence-electron chi connectivity index (χ0n) is 15.6. The molecule has 1 aliphatic rings. The van der Waals surface area contributed by atoms with E-state index in [1.807, 2.05) is 24.3 Å². The summed E-state index contributed by atoms with van der Waals surface area (Å²) in [5.41, 5.74) is 1.87. The van der Waals surface area contributed by atoms with Crippen molar-refractivity contribution in [3.63, 3.8) is 0 Å². The van der Waals surface area contributed by atoms with Crippen LogP contribution in [0.3, 0.4) is 0 Å². The molecule has 0 bridgehead atoms. The second-order valence-corrected chi connectivity index (χ2v) is 9.79. The minimum atomic E-state index is -3.62. The summed E-state index contributed by atoms with van der Waals surface area (Å²) in [6.45, 7) is 0. The smallest absolute Gasteiger partial charge is 0.242 e. The molecule has 0 spiro atoms. The van der Waals surface area contributed by atoms with E-state index in [2.05, 4.69) is 15.0 Å². The number of nitrogens with one attached hydrogen (secondary N) is 2. The SMILES string of the molecule is O=S(=O)(N[C@H]1CC[C@@H](Nc2ccnc3cc(Cl)ccc23)CC1)c1ccccc1Cl. The maximum atomic E-state index is 12.6. The Balaban J connectivity index is 1.40. The first-order valence-electron chi connectivity index (χ1n) is 9.50. The third-order valence-corrected chi connectivity index (χ3v) is 7.49. The lowest BCUT2D eigenvalue weighted by Crippen LogP contribution is -2.40. The highest BCUT2D eigenvalue weighted by molar-refractivity contribution is 7.89. The number of anilines is 1. The average molecular weight is 450 g/mol. The van der Waals surface area contributed by atoms with Gasteiger partial charge in [0.25, 0.3) is 0 Å². The van der Waals surface area contributed by atoms with Gasteiger partial charge in [-0.1, -0.05) is 35.3 Å². The first kappa shape index (κ1) is 20.4. The normalized spacial score (nSPS) is 19.9. The molecule has 1 aliphatic carbocycles. The molecule has 1 aromatic heterocycles. The van der Waals surface area contributed by atoms with Crippen LogP contribution >= 0.6 is 23.2 Å². The lowest BCUT2D eigenvalue weighted by Gasteiger charge is -2.30. The molecule has 4 rings (SSSR count). The molecule has 0 amide bonds. The standard InChI is InChI=1S/C21H21Cl2N3O2S/c22-14-5-10-17-19(11-12-24-20(17)13-14)25-15-6-8-16(9-7-15)26-29(27,28)21-4-2-1-3-18(21)23/h1-5,10-13,15-16,26H,6-9H2,(H,24,25)/t15-,16+. The average Bonchev–Trinajstić information content (AvgIpc) is 2.69. The third-order valence-electron chi connectivity index (χ3n) is 5.24. The summed E-state index contributed by atoms with van der Waals surface area (Å²) in [4.78, 5) is 4.50. The van der Waals surface area contributed by atoms with E-state index in [1.165, 1.54) is 6.07 Å². The van der Waals surface area contributed by atoms with E-state index >= 15 is 0 Å². The van der Waals surface area contributed by atoms with E-state index < -0.39 is 10.0 Å². The van der Waals surface area contributed by atoms with Crippen molar-refractivity contribution >= 4 is 49.8 Å². The number of rotatable bonds is 5. The maximum Gasteiger partial charge on any atom is 0.242 e. The minimum Gasteiger partial charge on any atom is -0.382 e. The van der Waals surface area contributed by atoms with Gasteiger partial charge in [-0.2, -0.15) is 0 Å². The lowest BCUT2D eigenvalue weighted by atomic mass is 9.91. The van der Waals surface area contributed by atoms with Crippen LogP contribution in [0.2, 0.25) is 10.0 Å².